The van der Waals surface area contributed by atoms with Gasteiger partial charge >= 0.3 is 5.97 Å². The number of carboxylic acid groups (broad SMARTS) is 1. The summed E-state index contributed by atoms with van der Waals surface area (Å²) in [4.78, 5) is 37.0. The third-order valence-corrected chi connectivity index (χ3v) is 2.81. The van der Waals surface area contributed by atoms with Crippen LogP contribution in [0.4, 0.5) is 0 Å². The molecule has 1 saturated heterocycles. The maximum atomic E-state index is 11.9. The van der Waals surface area contributed by atoms with E-state index in [4.69, 9.17) is 5.11 Å². The van der Waals surface area contributed by atoms with Crippen molar-refractivity contribution in [2.75, 3.05) is 26.7 Å². The summed E-state index contributed by atoms with van der Waals surface area (Å²) in [5.74, 6) is -1.86. The highest BCUT2D eigenvalue weighted by Gasteiger charge is 2.40. The number of rotatable bonds is 2. The molecule has 1 heterocycles. The highest BCUT2D eigenvalue weighted by Crippen LogP contribution is 2.20. The second-order valence-electron chi connectivity index (χ2n) is 4.47. The lowest BCUT2D eigenvalue weighted by Gasteiger charge is -2.35. The summed E-state index contributed by atoms with van der Waals surface area (Å²) < 4.78 is 0. The second-order valence-corrected chi connectivity index (χ2v) is 4.47. The van der Waals surface area contributed by atoms with Crippen molar-refractivity contribution in [3.05, 3.63) is 0 Å². The Morgan fingerprint density at radius 3 is 2.31 bits per heavy atom. The topological polar surface area (TPSA) is 77.9 Å². The molecule has 0 aromatic heterocycles. The third-order valence-electron chi connectivity index (χ3n) is 2.81. The Morgan fingerprint density at radius 1 is 1.31 bits per heavy atom. The number of carbonyl (C=O) groups excluding carboxylic acids is 2. The predicted molar refractivity (Wildman–Crippen MR) is 55.6 cm³/mol. The molecule has 0 bridgehead atoms. The summed E-state index contributed by atoms with van der Waals surface area (Å²) in [5, 5.41) is 8.92. The molecule has 0 atom stereocenters. The highest BCUT2D eigenvalue weighted by molar-refractivity contribution is 6.02. The molecule has 0 aliphatic carbocycles. The van der Waals surface area contributed by atoms with E-state index in [0.717, 1.165) is 0 Å². The van der Waals surface area contributed by atoms with Crippen LogP contribution in [0.2, 0.25) is 0 Å². The summed E-state index contributed by atoms with van der Waals surface area (Å²) in [6.07, 6.45) is 0. The maximum Gasteiger partial charge on any atom is 0.318 e. The van der Waals surface area contributed by atoms with Crippen molar-refractivity contribution >= 4 is 17.8 Å². The SMILES string of the molecule is CN1CCN(C(=O)C(C)(C)C(=O)O)CC1=O. The Morgan fingerprint density at radius 2 is 1.88 bits per heavy atom. The Hall–Kier alpha value is -1.59. The minimum Gasteiger partial charge on any atom is -0.480 e. The predicted octanol–water partition coefficient (Wildman–Crippen LogP) is -0.602. The van der Waals surface area contributed by atoms with Gasteiger partial charge in [-0.3, -0.25) is 14.4 Å². The van der Waals surface area contributed by atoms with Crippen molar-refractivity contribution in [1.29, 1.82) is 0 Å². The number of piperazine rings is 1. The lowest BCUT2D eigenvalue weighted by Crippen LogP contribution is -2.55. The zero-order chi connectivity index (χ0) is 12.5. The zero-order valence-corrected chi connectivity index (χ0v) is 9.69. The first kappa shape index (κ1) is 12.5. The average molecular weight is 228 g/mol. The monoisotopic (exact) mass is 228 g/mol. The van der Waals surface area contributed by atoms with E-state index in [-0.39, 0.29) is 12.5 Å². The molecule has 0 radical (unpaired) electrons. The first-order valence-electron chi connectivity index (χ1n) is 5.03. The van der Waals surface area contributed by atoms with Crippen LogP contribution in [0.1, 0.15) is 13.8 Å². The quantitative estimate of drug-likeness (QED) is 0.640. The Bertz CT molecular complexity index is 338. The van der Waals surface area contributed by atoms with Crippen LogP contribution < -0.4 is 0 Å². The molecule has 2 amide bonds. The van der Waals surface area contributed by atoms with E-state index in [9.17, 15) is 14.4 Å². The summed E-state index contributed by atoms with van der Waals surface area (Å²) in [5.41, 5.74) is -1.48. The average Bonchev–Trinajstić information content (AvgIpc) is 2.20. The second kappa shape index (κ2) is 4.11. The van der Waals surface area contributed by atoms with E-state index < -0.39 is 17.3 Å². The molecule has 0 unspecified atom stereocenters. The zero-order valence-electron chi connectivity index (χ0n) is 9.69. The van der Waals surface area contributed by atoms with Crippen LogP contribution in [0.3, 0.4) is 0 Å². The molecule has 0 aromatic carbocycles. The van der Waals surface area contributed by atoms with Gasteiger partial charge in [0.15, 0.2) is 0 Å². The molecule has 0 spiro atoms. The van der Waals surface area contributed by atoms with Gasteiger partial charge in [-0.05, 0) is 13.8 Å². The van der Waals surface area contributed by atoms with Crippen LogP contribution in [-0.2, 0) is 14.4 Å². The standard InChI is InChI=1S/C10H16N2O4/c1-10(2,9(15)16)8(14)12-5-4-11(3)7(13)6-12/h4-6H2,1-3H3,(H,15,16). The molecule has 1 N–H and O–H groups in total. The number of hydrogen-bond acceptors (Lipinski definition) is 3. The molecule has 1 aliphatic heterocycles. The van der Waals surface area contributed by atoms with Gasteiger partial charge in [-0.25, -0.2) is 0 Å². The molecule has 16 heavy (non-hydrogen) atoms. The van der Waals surface area contributed by atoms with Gasteiger partial charge in [0.05, 0.1) is 6.54 Å². The van der Waals surface area contributed by atoms with Gasteiger partial charge in [-0.2, -0.15) is 0 Å². The van der Waals surface area contributed by atoms with Gasteiger partial charge in [0.25, 0.3) is 0 Å². The fraction of sp³-hybridized carbons (Fsp3) is 0.700. The summed E-state index contributed by atoms with van der Waals surface area (Å²) >= 11 is 0. The normalized spacial score (nSPS) is 17.6. The minimum absolute atomic E-state index is 0.0357. The summed E-state index contributed by atoms with van der Waals surface area (Å²) in [7, 11) is 1.66. The first-order chi connectivity index (χ1) is 7.26. The molecule has 6 nitrogen and oxygen atoms in total. The largest absolute Gasteiger partial charge is 0.480 e. The minimum atomic E-state index is -1.48. The first-order valence-corrected chi connectivity index (χ1v) is 5.03. The fourth-order valence-electron chi connectivity index (χ4n) is 1.42. The van der Waals surface area contributed by atoms with Crippen LogP contribution in [0.5, 0.6) is 0 Å². The number of nitrogens with zero attached hydrogens (tertiary/aromatic N) is 2. The summed E-state index contributed by atoms with van der Waals surface area (Å²) in [6, 6.07) is 0. The van der Waals surface area contributed by atoms with E-state index in [1.165, 1.54) is 23.6 Å². The number of hydrogen-bond donors (Lipinski definition) is 1. The Balaban J connectivity index is 2.76. The molecular formula is C10H16N2O4. The third kappa shape index (κ3) is 2.15. The van der Waals surface area contributed by atoms with E-state index in [1.54, 1.807) is 7.05 Å². The van der Waals surface area contributed by atoms with E-state index in [2.05, 4.69) is 0 Å². The lowest BCUT2D eigenvalue weighted by molar-refractivity contribution is -0.161. The lowest BCUT2D eigenvalue weighted by atomic mass is 9.91. The van der Waals surface area contributed by atoms with Gasteiger partial charge in [-0.1, -0.05) is 0 Å². The molecule has 90 valence electrons. The maximum absolute atomic E-state index is 11.9. The van der Waals surface area contributed by atoms with Crippen molar-refractivity contribution in [2.45, 2.75) is 13.8 Å². The number of likely N-dealkylation sites (N-methyl/N-ethyl adjacent to an activating group) is 1. The number of aliphatic carboxylic acids is 1. The highest BCUT2D eigenvalue weighted by atomic mass is 16.4. The molecule has 0 saturated carbocycles. The van der Waals surface area contributed by atoms with Crippen LogP contribution >= 0.6 is 0 Å². The van der Waals surface area contributed by atoms with Crippen LogP contribution in [0.25, 0.3) is 0 Å². The van der Waals surface area contributed by atoms with Crippen LogP contribution in [0, 0.1) is 5.41 Å². The fourth-order valence-corrected chi connectivity index (χ4v) is 1.42. The van der Waals surface area contributed by atoms with Crippen LogP contribution in [-0.4, -0.2) is 59.4 Å². The van der Waals surface area contributed by atoms with Gasteiger partial charge < -0.3 is 14.9 Å². The van der Waals surface area contributed by atoms with Crippen molar-refractivity contribution in [3.8, 4) is 0 Å². The number of carboxylic acids is 1. The molecule has 1 fully saturated rings. The summed E-state index contributed by atoms with van der Waals surface area (Å²) in [6.45, 7) is 3.49. The number of amides is 2. The van der Waals surface area contributed by atoms with Gasteiger partial charge in [0, 0.05) is 20.1 Å². The molecule has 1 rings (SSSR count). The van der Waals surface area contributed by atoms with E-state index >= 15 is 0 Å². The molecule has 6 heteroatoms. The van der Waals surface area contributed by atoms with Crippen molar-refractivity contribution < 1.29 is 19.5 Å². The van der Waals surface area contributed by atoms with Crippen molar-refractivity contribution in [2.24, 2.45) is 5.41 Å². The van der Waals surface area contributed by atoms with Gasteiger partial charge in [0.2, 0.25) is 11.8 Å². The van der Waals surface area contributed by atoms with Crippen molar-refractivity contribution in [1.82, 2.24) is 9.80 Å². The van der Waals surface area contributed by atoms with Gasteiger partial charge in [0.1, 0.15) is 5.41 Å². The number of carbonyl (C=O) groups is 3. The Labute approximate surface area is 93.8 Å². The van der Waals surface area contributed by atoms with E-state index in [1.807, 2.05) is 0 Å². The van der Waals surface area contributed by atoms with E-state index in [0.29, 0.717) is 13.1 Å². The molecule has 0 aromatic rings. The molecule has 1 aliphatic rings. The Kier molecular flexibility index (Phi) is 3.21. The molecular weight excluding hydrogens is 212 g/mol. The van der Waals surface area contributed by atoms with Crippen molar-refractivity contribution in [3.63, 3.8) is 0 Å². The smallest absolute Gasteiger partial charge is 0.318 e. The van der Waals surface area contributed by atoms with Crippen LogP contribution in [0.15, 0.2) is 0 Å². The van der Waals surface area contributed by atoms with Gasteiger partial charge in [-0.15, -0.1) is 0 Å².